The van der Waals surface area contributed by atoms with Gasteiger partial charge >= 0.3 is 0 Å². The second-order valence-electron chi connectivity index (χ2n) is 6.63. The van der Waals surface area contributed by atoms with E-state index in [-0.39, 0.29) is 11.4 Å². The second kappa shape index (κ2) is 7.05. The quantitative estimate of drug-likeness (QED) is 0.721. The number of aryl methyl sites for hydroxylation is 1. The standard InChI is InChI=1S/C17H21N5O2S2/c1-12-20-15-8-7-14(9-16(15)25-12)26(23,24)19-10-17-21-18-11-22(17)13-5-3-2-4-6-13/h7-9,11,13,19H,2-6,10H2,1H3. The molecule has 1 N–H and O–H groups in total. The lowest BCUT2D eigenvalue weighted by molar-refractivity contribution is 0.344. The van der Waals surface area contributed by atoms with Gasteiger partial charge in [0.2, 0.25) is 10.0 Å². The van der Waals surface area contributed by atoms with Gasteiger partial charge in [-0.05, 0) is 38.0 Å². The molecule has 0 unspecified atom stereocenters. The molecular formula is C17H21N5O2S2. The third-order valence-corrected chi connectivity index (χ3v) is 7.15. The Labute approximate surface area is 156 Å². The summed E-state index contributed by atoms with van der Waals surface area (Å²) in [7, 11) is -3.62. The molecule has 3 aromatic rings. The summed E-state index contributed by atoms with van der Waals surface area (Å²) in [6, 6.07) is 5.39. The molecule has 1 aromatic carbocycles. The van der Waals surface area contributed by atoms with Crippen molar-refractivity contribution in [1.82, 2.24) is 24.5 Å². The second-order valence-corrected chi connectivity index (χ2v) is 9.63. The maximum atomic E-state index is 12.7. The molecule has 9 heteroatoms. The molecule has 2 heterocycles. The van der Waals surface area contributed by atoms with Crippen LogP contribution in [-0.4, -0.2) is 28.2 Å². The van der Waals surface area contributed by atoms with Crippen molar-refractivity contribution in [3.05, 3.63) is 35.4 Å². The highest BCUT2D eigenvalue weighted by Gasteiger charge is 2.21. The molecule has 0 atom stereocenters. The zero-order valence-corrected chi connectivity index (χ0v) is 16.2. The molecule has 0 saturated heterocycles. The van der Waals surface area contributed by atoms with E-state index in [4.69, 9.17) is 0 Å². The molecular weight excluding hydrogens is 370 g/mol. The Balaban J connectivity index is 1.52. The summed E-state index contributed by atoms with van der Waals surface area (Å²) < 4.78 is 30.9. The van der Waals surface area contributed by atoms with E-state index in [1.165, 1.54) is 30.6 Å². The number of benzene rings is 1. The average Bonchev–Trinajstić information content (AvgIpc) is 3.25. The van der Waals surface area contributed by atoms with Crippen LogP contribution < -0.4 is 4.72 Å². The molecule has 4 rings (SSSR count). The van der Waals surface area contributed by atoms with Crippen LogP contribution in [-0.2, 0) is 16.6 Å². The van der Waals surface area contributed by atoms with Crippen molar-refractivity contribution < 1.29 is 8.42 Å². The molecule has 0 bridgehead atoms. The van der Waals surface area contributed by atoms with Crippen LogP contribution in [0.3, 0.4) is 0 Å². The van der Waals surface area contributed by atoms with Crippen molar-refractivity contribution in [2.24, 2.45) is 0 Å². The molecule has 0 radical (unpaired) electrons. The molecule has 7 nitrogen and oxygen atoms in total. The summed E-state index contributed by atoms with van der Waals surface area (Å²) in [5.41, 5.74) is 0.823. The molecule has 0 aliphatic heterocycles. The Morgan fingerprint density at radius 1 is 1.27 bits per heavy atom. The number of nitrogens with zero attached hydrogens (tertiary/aromatic N) is 4. The van der Waals surface area contributed by atoms with Gasteiger partial charge < -0.3 is 4.57 Å². The van der Waals surface area contributed by atoms with Crippen LogP contribution >= 0.6 is 11.3 Å². The topological polar surface area (TPSA) is 89.8 Å². The van der Waals surface area contributed by atoms with Crippen molar-refractivity contribution in [2.75, 3.05) is 0 Å². The molecule has 1 fully saturated rings. The molecule has 2 aromatic heterocycles. The molecule has 1 aliphatic carbocycles. The number of aromatic nitrogens is 4. The fourth-order valence-electron chi connectivity index (χ4n) is 3.49. The van der Waals surface area contributed by atoms with Crippen LogP contribution in [0.5, 0.6) is 0 Å². The van der Waals surface area contributed by atoms with E-state index in [0.717, 1.165) is 28.1 Å². The Morgan fingerprint density at radius 2 is 2.08 bits per heavy atom. The molecule has 138 valence electrons. The Hall–Kier alpha value is -1.84. The summed E-state index contributed by atoms with van der Waals surface area (Å²) in [6.07, 6.45) is 7.56. The minimum atomic E-state index is -3.62. The van der Waals surface area contributed by atoms with Gasteiger partial charge in [0.05, 0.1) is 26.7 Å². The van der Waals surface area contributed by atoms with Crippen molar-refractivity contribution in [2.45, 2.75) is 56.5 Å². The number of hydrogen-bond donors (Lipinski definition) is 1. The van der Waals surface area contributed by atoms with Crippen LogP contribution in [0.4, 0.5) is 0 Å². The van der Waals surface area contributed by atoms with Gasteiger partial charge in [-0.2, -0.15) is 0 Å². The third-order valence-electron chi connectivity index (χ3n) is 4.81. The Morgan fingerprint density at radius 3 is 2.88 bits per heavy atom. The Kier molecular flexibility index (Phi) is 4.76. The Bertz CT molecular complexity index is 1020. The summed E-state index contributed by atoms with van der Waals surface area (Å²) >= 11 is 1.49. The van der Waals surface area contributed by atoms with Crippen LogP contribution in [0.1, 0.15) is 49.0 Å². The predicted molar refractivity (Wildman–Crippen MR) is 101 cm³/mol. The van der Waals surface area contributed by atoms with Crippen LogP contribution in [0.15, 0.2) is 29.4 Å². The van der Waals surface area contributed by atoms with Crippen molar-refractivity contribution >= 4 is 31.6 Å². The summed E-state index contributed by atoms with van der Waals surface area (Å²) in [5, 5.41) is 9.02. The highest BCUT2D eigenvalue weighted by Crippen LogP contribution is 2.29. The number of hydrogen-bond acceptors (Lipinski definition) is 6. The van der Waals surface area contributed by atoms with Gasteiger partial charge in [-0.3, -0.25) is 0 Å². The fraction of sp³-hybridized carbons (Fsp3) is 0.471. The van der Waals surface area contributed by atoms with Crippen molar-refractivity contribution in [3.8, 4) is 0 Å². The number of fused-ring (bicyclic) bond motifs is 1. The SMILES string of the molecule is Cc1nc2ccc(S(=O)(=O)NCc3nncn3C3CCCCC3)cc2s1. The maximum Gasteiger partial charge on any atom is 0.241 e. The highest BCUT2D eigenvalue weighted by molar-refractivity contribution is 7.89. The van der Waals surface area contributed by atoms with Crippen molar-refractivity contribution in [1.29, 1.82) is 0 Å². The molecule has 26 heavy (non-hydrogen) atoms. The highest BCUT2D eigenvalue weighted by atomic mass is 32.2. The van der Waals surface area contributed by atoms with Gasteiger partial charge in [0, 0.05) is 6.04 Å². The third kappa shape index (κ3) is 3.51. The van der Waals surface area contributed by atoms with E-state index < -0.39 is 10.0 Å². The van der Waals surface area contributed by atoms with E-state index in [1.54, 1.807) is 24.5 Å². The summed E-state index contributed by atoms with van der Waals surface area (Å²) in [5.74, 6) is 0.662. The van der Waals surface area contributed by atoms with E-state index in [0.29, 0.717) is 11.9 Å². The zero-order chi connectivity index (χ0) is 18.1. The minimum absolute atomic E-state index is 0.137. The van der Waals surface area contributed by atoms with Gasteiger partial charge in [0.15, 0.2) is 0 Å². The lowest BCUT2D eigenvalue weighted by atomic mass is 9.95. The first kappa shape index (κ1) is 17.6. The molecule has 1 saturated carbocycles. The first-order chi connectivity index (χ1) is 12.5. The number of rotatable bonds is 5. The smallest absolute Gasteiger partial charge is 0.241 e. The van der Waals surface area contributed by atoms with E-state index in [2.05, 4.69) is 19.9 Å². The monoisotopic (exact) mass is 391 g/mol. The lowest BCUT2D eigenvalue weighted by Gasteiger charge is -2.24. The van der Waals surface area contributed by atoms with Crippen LogP contribution in [0.2, 0.25) is 0 Å². The normalized spacial score (nSPS) is 16.3. The zero-order valence-electron chi connectivity index (χ0n) is 14.6. The average molecular weight is 392 g/mol. The maximum absolute atomic E-state index is 12.7. The van der Waals surface area contributed by atoms with Crippen molar-refractivity contribution in [3.63, 3.8) is 0 Å². The molecule has 0 spiro atoms. The first-order valence-electron chi connectivity index (χ1n) is 8.78. The largest absolute Gasteiger partial charge is 0.313 e. The predicted octanol–water partition coefficient (Wildman–Crippen LogP) is 3.18. The van der Waals surface area contributed by atoms with E-state index >= 15 is 0 Å². The molecule has 0 amide bonds. The van der Waals surface area contributed by atoms with Gasteiger partial charge in [-0.15, -0.1) is 21.5 Å². The van der Waals surface area contributed by atoms with Gasteiger partial charge in [0.25, 0.3) is 0 Å². The van der Waals surface area contributed by atoms with E-state index in [1.807, 2.05) is 11.5 Å². The number of nitrogens with one attached hydrogen (secondary N) is 1. The van der Waals surface area contributed by atoms with Gasteiger partial charge in [-0.1, -0.05) is 19.3 Å². The minimum Gasteiger partial charge on any atom is -0.313 e. The summed E-state index contributed by atoms with van der Waals surface area (Å²) in [6.45, 7) is 2.05. The van der Waals surface area contributed by atoms with Gasteiger partial charge in [-0.25, -0.2) is 18.1 Å². The number of thiazole rings is 1. The van der Waals surface area contributed by atoms with Crippen LogP contribution in [0, 0.1) is 6.92 Å². The van der Waals surface area contributed by atoms with Gasteiger partial charge in [0.1, 0.15) is 12.2 Å². The molecule has 1 aliphatic rings. The van der Waals surface area contributed by atoms with E-state index in [9.17, 15) is 8.42 Å². The fourth-order valence-corrected chi connectivity index (χ4v) is 5.43. The van der Waals surface area contributed by atoms with Crippen LogP contribution in [0.25, 0.3) is 10.2 Å². The number of sulfonamides is 1. The summed E-state index contributed by atoms with van der Waals surface area (Å²) in [4.78, 5) is 4.62. The first-order valence-corrected chi connectivity index (χ1v) is 11.1. The lowest BCUT2D eigenvalue weighted by Crippen LogP contribution is -2.26.